The van der Waals surface area contributed by atoms with Crippen molar-refractivity contribution in [1.29, 1.82) is 0 Å². The van der Waals surface area contributed by atoms with E-state index in [2.05, 4.69) is 4.98 Å². The monoisotopic (exact) mass is 348 g/mol. The number of carbonyl (C=O) groups is 2. The van der Waals surface area contributed by atoms with Crippen LogP contribution in [0.3, 0.4) is 0 Å². The Labute approximate surface area is 146 Å². The van der Waals surface area contributed by atoms with Gasteiger partial charge in [-0.25, -0.2) is 4.98 Å². The molecule has 1 saturated carbocycles. The second kappa shape index (κ2) is 6.35. The van der Waals surface area contributed by atoms with Crippen LogP contribution in [0, 0.1) is 5.92 Å². The number of hydrogen-bond acceptors (Lipinski definition) is 5. The predicted octanol–water partition coefficient (Wildman–Crippen LogP) is 1.79. The quantitative estimate of drug-likeness (QED) is 0.884. The minimum atomic E-state index is -0.0462. The number of amides is 2. The number of nitrogens with zero attached hydrogens (tertiary/aromatic N) is 3. The molecule has 0 spiro atoms. The van der Waals surface area contributed by atoms with Crippen LogP contribution in [0.1, 0.15) is 49.1 Å². The molecule has 0 radical (unpaired) electrons. The highest BCUT2D eigenvalue weighted by molar-refractivity contribution is 7.15. The number of nitrogen functional groups attached to an aromatic ring is 1. The van der Waals surface area contributed by atoms with Crippen LogP contribution in [0.2, 0.25) is 0 Å². The van der Waals surface area contributed by atoms with E-state index in [1.54, 1.807) is 0 Å². The summed E-state index contributed by atoms with van der Waals surface area (Å²) in [5, 5.41) is 0.588. The Morgan fingerprint density at radius 2 is 2.00 bits per heavy atom. The third kappa shape index (κ3) is 2.90. The highest BCUT2D eigenvalue weighted by Crippen LogP contribution is 2.31. The van der Waals surface area contributed by atoms with Gasteiger partial charge in [-0.05, 0) is 19.3 Å². The van der Waals surface area contributed by atoms with Crippen LogP contribution < -0.4 is 5.73 Å². The Hall–Kier alpha value is -1.63. The SMILES string of the molecule is Nc1nc2c(s1)CN(C(=O)[C@H]1CCC(=O)N(C3CCCC3)C1)CC2. The van der Waals surface area contributed by atoms with E-state index in [9.17, 15) is 9.59 Å². The molecule has 1 aliphatic carbocycles. The molecule has 1 atom stereocenters. The van der Waals surface area contributed by atoms with Crippen molar-refractivity contribution in [2.24, 2.45) is 5.92 Å². The van der Waals surface area contributed by atoms with E-state index < -0.39 is 0 Å². The molecule has 2 N–H and O–H groups in total. The van der Waals surface area contributed by atoms with E-state index in [-0.39, 0.29) is 17.7 Å². The summed E-state index contributed by atoms with van der Waals surface area (Å²) in [4.78, 5) is 34.6. The number of likely N-dealkylation sites (tertiary alicyclic amines) is 1. The van der Waals surface area contributed by atoms with E-state index in [0.717, 1.165) is 29.8 Å². The van der Waals surface area contributed by atoms with Gasteiger partial charge in [0, 0.05) is 36.9 Å². The third-order valence-electron chi connectivity index (χ3n) is 5.62. The molecule has 1 saturated heterocycles. The zero-order valence-electron chi connectivity index (χ0n) is 13.9. The molecule has 2 fully saturated rings. The fraction of sp³-hybridized carbons (Fsp3) is 0.706. The smallest absolute Gasteiger partial charge is 0.227 e. The van der Waals surface area contributed by atoms with Crippen molar-refractivity contribution in [1.82, 2.24) is 14.8 Å². The molecular weight excluding hydrogens is 324 g/mol. The van der Waals surface area contributed by atoms with Gasteiger partial charge in [-0.2, -0.15) is 0 Å². The molecule has 7 heteroatoms. The lowest BCUT2D eigenvalue weighted by Crippen LogP contribution is -2.50. The van der Waals surface area contributed by atoms with E-state index >= 15 is 0 Å². The van der Waals surface area contributed by atoms with Gasteiger partial charge in [0.2, 0.25) is 11.8 Å². The largest absolute Gasteiger partial charge is 0.375 e. The molecule has 0 unspecified atom stereocenters. The van der Waals surface area contributed by atoms with Crippen molar-refractivity contribution in [3.05, 3.63) is 10.6 Å². The molecule has 1 aromatic rings. The molecule has 6 nitrogen and oxygen atoms in total. The number of carbonyl (C=O) groups excluding carboxylic acids is 2. The standard InChI is InChI=1S/C17H24N4O2S/c18-17-19-13-7-8-20(10-14(13)24-17)16(23)11-5-6-15(22)21(9-11)12-3-1-2-4-12/h11-12H,1-10H2,(H2,18,19)/t11-/m0/s1. The number of piperidine rings is 1. The van der Waals surface area contributed by atoms with Crippen molar-refractivity contribution in [3.8, 4) is 0 Å². The van der Waals surface area contributed by atoms with E-state index in [1.807, 2.05) is 9.80 Å². The minimum absolute atomic E-state index is 0.0462. The molecule has 0 aromatic carbocycles. The van der Waals surface area contributed by atoms with Gasteiger partial charge in [0.15, 0.2) is 5.13 Å². The first-order chi connectivity index (χ1) is 11.6. The van der Waals surface area contributed by atoms with Gasteiger partial charge in [-0.3, -0.25) is 9.59 Å². The maximum Gasteiger partial charge on any atom is 0.227 e. The number of hydrogen-bond donors (Lipinski definition) is 1. The van der Waals surface area contributed by atoms with Crippen molar-refractivity contribution in [2.45, 2.75) is 57.5 Å². The number of thiazole rings is 1. The number of rotatable bonds is 2. The molecule has 3 heterocycles. The number of anilines is 1. The van der Waals surface area contributed by atoms with Crippen molar-refractivity contribution >= 4 is 28.3 Å². The van der Waals surface area contributed by atoms with Crippen LogP contribution in [-0.4, -0.2) is 45.7 Å². The van der Waals surface area contributed by atoms with Gasteiger partial charge < -0.3 is 15.5 Å². The summed E-state index contributed by atoms with van der Waals surface area (Å²) in [5.41, 5.74) is 6.83. The van der Waals surface area contributed by atoms with Crippen LogP contribution in [0.5, 0.6) is 0 Å². The summed E-state index contributed by atoms with van der Waals surface area (Å²) in [7, 11) is 0. The van der Waals surface area contributed by atoms with Crippen LogP contribution in [0.15, 0.2) is 0 Å². The van der Waals surface area contributed by atoms with Gasteiger partial charge >= 0.3 is 0 Å². The molecule has 3 aliphatic rings. The summed E-state index contributed by atoms with van der Waals surface area (Å²) in [6.07, 6.45) is 6.59. The Morgan fingerprint density at radius 1 is 1.21 bits per heavy atom. The number of nitrogens with two attached hydrogens (primary N) is 1. The highest BCUT2D eigenvalue weighted by atomic mass is 32.1. The first kappa shape index (κ1) is 15.9. The molecule has 0 bridgehead atoms. The summed E-state index contributed by atoms with van der Waals surface area (Å²) in [6.45, 7) is 1.94. The molecule has 4 rings (SSSR count). The van der Waals surface area contributed by atoms with Crippen molar-refractivity contribution < 1.29 is 9.59 Å². The fourth-order valence-corrected chi connectivity index (χ4v) is 5.20. The molecule has 24 heavy (non-hydrogen) atoms. The van der Waals surface area contributed by atoms with Gasteiger partial charge in [-0.15, -0.1) is 11.3 Å². The van der Waals surface area contributed by atoms with Gasteiger partial charge in [0.25, 0.3) is 0 Å². The average Bonchev–Trinajstić information content (AvgIpc) is 3.22. The summed E-state index contributed by atoms with van der Waals surface area (Å²) in [5.74, 6) is 0.389. The van der Waals surface area contributed by atoms with Crippen molar-refractivity contribution in [3.63, 3.8) is 0 Å². The van der Waals surface area contributed by atoms with E-state index in [0.29, 0.717) is 43.6 Å². The van der Waals surface area contributed by atoms with Gasteiger partial charge in [0.1, 0.15) is 0 Å². The molecule has 2 aliphatic heterocycles. The van der Waals surface area contributed by atoms with Gasteiger partial charge in [-0.1, -0.05) is 12.8 Å². The molecular formula is C17H24N4O2S. The Kier molecular flexibility index (Phi) is 4.20. The van der Waals surface area contributed by atoms with E-state index in [4.69, 9.17) is 5.73 Å². The molecule has 1 aromatic heterocycles. The van der Waals surface area contributed by atoms with Gasteiger partial charge in [0.05, 0.1) is 18.2 Å². The first-order valence-corrected chi connectivity index (χ1v) is 9.76. The number of fused-ring (bicyclic) bond motifs is 1. The number of aromatic nitrogens is 1. The second-order valence-electron chi connectivity index (χ2n) is 7.15. The highest BCUT2D eigenvalue weighted by Gasteiger charge is 2.37. The van der Waals surface area contributed by atoms with Crippen LogP contribution in [-0.2, 0) is 22.6 Å². The summed E-state index contributed by atoms with van der Waals surface area (Å²) in [6, 6.07) is 0.363. The topological polar surface area (TPSA) is 79.5 Å². The minimum Gasteiger partial charge on any atom is -0.375 e. The summed E-state index contributed by atoms with van der Waals surface area (Å²) < 4.78 is 0. The predicted molar refractivity (Wildman–Crippen MR) is 92.3 cm³/mol. The molecule has 130 valence electrons. The zero-order chi connectivity index (χ0) is 16.7. The maximum absolute atomic E-state index is 13.0. The average molecular weight is 348 g/mol. The van der Waals surface area contributed by atoms with E-state index in [1.165, 1.54) is 24.2 Å². The first-order valence-electron chi connectivity index (χ1n) is 8.94. The second-order valence-corrected chi connectivity index (χ2v) is 8.27. The van der Waals surface area contributed by atoms with Crippen LogP contribution in [0.25, 0.3) is 0 Å². The van der Waals surface area contributed by atoms with Crippen LogP contribution >= 0.6 is 11.3 Å². The maximum atomic E-state index is 13.0. The normalized spacial score (nSPS) is 25.2. The third-order valence-corrected chi connectivity index (χ3v) is 6.53. The Morgan fingerprint density at radius 3 is 2.79 bits per heavy atom. The zero-order valence-corrected chi connectivity index (χ0v) is 14.7. The van der Waals surface area contributed by atoms with Crippen molar-refractivity contribution in [2.75, 3.05) is 18.8 Å². The lowest BCUT2D eigenvalue weighted by atomic mass is 9.93. The Bertz CT molecular complexity index is 653. The lowest BCUT2D eigenvalue weighted by Gasteiger charge is -2.38. The fourth-order valence-electron chi connectivity index (χ4n) is 4.30. The molecule has 2 amide bonds. The summed E-state index contributed by atoms with van der Waals surface area (Å²) >= 11 is 1.49. The lowest BCUT2D eigenvalue weighted by molar-refractivity contribution is -0.145. The Balaban J connectivity index is 1.43. The van der Waals surface area contributed by atoms with Crippen LogP contribution in [0.4, 0.5) is 5.13 Å².